The minimum Gasteiger partial charge on any atom is -0.468 e. The second-order valence-electron chi connectivity index (χ2n) is 6.52. The minimum absolute atomic E-state index is 0.0562. The molecule has 0 amide bonds. The predicted octanol–water partition coefficient (Wildman–Crippen LogP) is 2.19. The first-order valence-corrected chi connectivity index (χ1v) is 10.3. The van der Waals surface area contributed by atoms with E-state index in [0.717, 1.165) is 10.8 Å². The van der Waals surface area contributed by atoms with Gasteiger partial charge in [0.2, 0.25) is 10.0 Å². The molecule has 7 nitrogen and oxygen atoms in total. The molecule has 0 aliphatic heterocycles. The highest BCUT2D eigenvalue weighted by Gasteiger charge is 2.27. The highest BCUT2D eigenvalue weighted by atomic mass is 32.2. The van der Waals surface area contributed by atoms with Gasteiger partial charge in [0.1, 0.15) is 11.9 Å². The number of ether oxygens (including phenoxy) is 1. The molecule has 0 radical (unpaired) electrons. The van der Waals surface area contributed by atoms with Crippen molar-refractivity contribution in [3.63, 3.8) is 0 Å². The lowest BCUT2D eigenvalue weighted by Crippen LogP contribution is -2.43. The number of fused-ring (bicyclic) bond motifs is 1. The molecule has 1 atom stereocenters. The van der Waals surface area contributed by atoms with Crippen LogP contribution in [0.5, 0.6) is 0 Å². The van der Waals surface area contributed by atoms with Crippen LogP contribution in [0.25, 0.3) is 10.8 Å². The standard InChI is InChI=1S/C21H21N3O4S/c1-28-21(25)19(12-14-5-4-8-17(11-14)20(22)23)24-29(26,27)18-10-9-15-6-2-3-7-16(15)13-18/h2-11,13,19,24H,12H2,1H3,(H3,22,23). The van der Waals surface area contributed by atoms with Crippen molar-refractivity contribution in [3.8, 4) is 0 Å². The summed E-state index contributed by atoms with van der Waals surface area (Å²) < 4.78 is 33.0. The van der Waals surface area contributed by atoms with Crippen LogP contribution in [-0.2, 0) is 26.0 Å². The van der Waals surface area contributed by atoms with Crippen LogP contribution in [0.15, 0.2) is 71.6 Å². The van der Waals surface area contributed by atoms with E-state index in [1.807, 2.05) is 24.3 Å². The Labute approximate surface area is 169 Å². The monoisotopic (exact) mass is 411 g/mol. The number of nitrogen functional groups attached to an aromatic ring is 1. The third kappa shape index (κ3) is 4.79. The molecule has 0 bridgehead atoms. The summed E-state index contributed by atoms with van der Waals surface area (Å²) in [5, 5.41) is 9.22. The molecule has 0 spiro atoms. The number of hydrogen-bond acceptors (Lipinski definition) is 5. The third-order valence-corrected chi connectivity index (χ3v) is 5.96. The van der Waals surface area contributed by atoms with Crippen molar-refractivity contribution in [2.24, 2.45) is 5.73 Å². The van der Waals surface area contributed by atoms with E-state index in [4.69, 9.17) is 15.9 Å². The van der Waals surface area contributed by atoms with Gasteiger partial charge in [0.15, 0.2) is 0 Å². The first-order valence-electron chi connectivity index (χ1n) is 8.82. The van der Waals surface area contributed by atoms with Gasteiger partial charge in [0, 0.05) is 5.56 Å². The van der Waals surface area contributed by atoms with Crippen LogP contribution in [-0.4, -0.2) is 33.4 Å². The second-order valence-corrected chi connectivity index (χ2v) is 8.24. The molecule has 4 N–H and O–H groups in total. The Kier molecular flexibility index (Phi) is 5.95. The first-order chi connectivity index (χ1) is 13.8. The van der Waals surface area contributed by atoms with E-state index in [1.165, 1.54) is 13.2 Å². The molecule has 3 rings (SSSR count). The van der Waals surface area contributed by atoms with Crippen molar-refractivity contribution in [2.45, 2.75) is 17.4 Å². The largest absolute Gasteiger partial charge is 0.468 e. The van der Waals surface area contributed by atoms with Crippen molar-refractivity contribution in [1.82, 2.24) is 4.72 Å². The Hall–Kier alpha value is -3.23. The normalized spacial score (nSPS) is 12.4. The number of carbonyl (C=O) groups excluding carboxylic acids is 1. The van der Waals surface area contributed by atoms with E-state index in [2.05, 4.69) is 4.72 Å². The number of nitrogens with one attached hydrogen (secondary N) is 2. The molecule has 8 heteroatoms. The lowest BCUT2D eigenvalue weighted by atomic mass is 10.0. The van der Waals surface area contributed by atoms with Gasteiger partial charge in [-0.3, -0.25) is 10.2 Å². The number of benzene rings is 3. The van der Waals surface area contributed by atoms with Crippen LogP contribution in [0.2, 0.25) is 0 Å². The number of esters is 1. The molecule has 0 fully saturated rings. The molecule has 0 saturated carbocycles. The fourth-order valence-corrected chi connectivity index (χ4v) is 4.23. The molecule has 0 saturated heterocycles. The molecular formula is C21H21N3O4S. The summed E-state index contributed by atoms with van der Waals surface area (Å²) in [7, 11) is -2.77. The summed E-state index contributed by atoms with van der Waals surface area (Å²) in [5.74, 6) is -0.819. The zero-order valence-electron chi connectivity index (χ0n) is 15.8. The molecule has 0 aromatic heterocycles. The van der Waals surface area contributed by atoms with Crippen LogP contribution >= 0.6 is 0 Å². The summed E-state index contributed by atoms with van der Waals surface area (Å²) in [6, 6.07) is 17.8. The predicted molar refractivity (Wildman–Crippen MR) is 111 cm³/mol. The van der Waals surface area contributed by atoms with Gasteiger partial charge in [-0.1, -0.05) is 48.5 Å². The number of amidine groups is 1. The fraction of sp³-hybridized carbons (Fsp3) is 0.143. The number of methoxy groups -OCH3 is 1. The molecular weight excluding hydrogens is 390 g/mol. The van der Waals surface area contributed by atoms with Crippen LogP contribution in [0, 0.1) is 5.41 Å². The SMILES string of the molecule is COC(=O)C(Cc1cccc(C(=N)N)c1)NS(=O)(=O)c1ccc2ccccc2c1. The highest BCUT2D eigenvalue weighted by molar-refractivity contribution is 7.89. The molecule has 3 aromatic carbocycles. The van der Waals surface area contributed by atoms with Crippen molar-refractivity contribution in [2.75, 3.05) is 7.11 Å². The number of nitrogens with two attached hydrogens (primary N) is 1. The average Bonchev–Trinajstić information content (AvgIpc) is 2.72. The van der Waals surface area contributed by atoms with Gasteiger partial charge in [-0.05, 0) is 41.0 Å². The van der Waals surface area contributed by atoms with E-state index >= 15 is 0 Å². The summed E-state index contributed by atoms with van der Waals surface area (Å²) in [4.78, 5) is 12.3. The molecule has 0 heterocycles. The van der Waals surface area contributed by atoms with Crippen molar-refractivity contribution >= 4 is 32.6 Å². The maximum Gasteiger partial charge on any atom is 0.324 e. The maximum absolute atomic E-state index is 12.9. The van der Waals surface area contributed by atoms with Crippen LogP contribution in [0.1, 0.15) is 11.1 Å². The van der Waals surface area contributed by atoms with Crippen LogP contribution in [0.3, 0.4) is 0 Å². The van der Waals surface area contributed by atoms with Gasteiger partial charge in [-0.15, -0.1) is 0 Å². The Bertz CT molecular complexity index is 1180. The summed E-state index contributed by atoms with van der Waals surface area (Å²) in [6.07, 6.45) is 0.0562. The van der Waals surface area contributed by atoms with Crippen LogP contribution < -0.4 is 10.5 Å². The number of sulfonamides is 1. The molecule has 150 valence electrons. The Balaban J connectivity index is 1.89. The molecule has 1 unspecified atom stereocenters. The summed E-state index contributed by atoms with van der Waals surface area (Å²) >= 11 is 0. The number of hydrogen-bond donors (Lipinski definition) is 3. The van der Waals surface area contributed by atoms with E-state index in [1.54, 1.807) is 36.4 Å². The van der Waals surface area contributed by atoms with E-state index in [-0.39, 0.29) is 17.2 Å². The zero-order chi connectivity index (χ0) is 21.0. The molecule has 0 aliphatic carbocycles. The van der Waals surface area contributed by atoms with E-state index in [0.29, 0.717) is 11.1 Å². The fourth-order valence-electron chi connectivity index (χ4n) is 3.01. The lowest BCUT2D eigenvalue weighted by molar-refractivity contribution is -0.142. The minimum atomic E-state index is -3.97. The maximum atomic E-state index is 12.9. The third-order valence-electron chi connectivity index (χ3n) is 4.49. The summed E-state index contributed by atoms with van der Waals surface area (Å²) in [6.45, 7) is 0. The first kappa shape index (κ1) is 20.5. The van der Waals surface area contributed by atoms with Crippen molar-refractivity contribution < 1.29 is 17.9 Å². The van der Waals surface area contributed by atoms with E-state index < -0.39 is 22.0 Å². The molecule has 29 heavy (non-hydrogen) atoms. The highest BCUT2D eigenvalue weighted by Crippen LogP contribution is 2.20. The van der Waals surface area contributed by atoms with Gasteiger partial charge < -0.3 is 10.5 Å². The van der Waals surface area contributed by atoms with Crippen molar-refractivity contribution in [1.29, 1.82) is 5.41 Å². The number of carbonyl (C=O) groups is 1. The van der Waals surface area contributed by atoms with Gasteiger partial charge in [-0.2, -0.15) is 4.72 Å². The van der Waals surface area contributed by atoms with Gasteiger partial charge in [-0.25, -0.2) is 8.42 Å². The lowest BCUT2D eigenvalue weighted by Gasteiger charge is -2.17. The van der Waals surface area contributed by atoms with Gasteiger partial charge in [0.05, 0.1) is 12.0 Å². The Morgan fingerprint density at radius 3 is 2.48 bits per heavy atom. The smallest absolute Gasteiger partial charge is 0.324 e. The van der Waals surface area contributed by atoms with Gasteiger partial charge >= 0.3 is 5.97 Å². The second kappa shape index (κ2) is 8.42. The van der Waals surface area contributed by atoms with Crippen molar-refractivity contribution in [3.05, 3.63) is 77.9 Å². The quantitative estimate of drug-likeness (QED) is 0.312. The molecule has 0 aliphatic rings. The Morgan fingerprint density at radius 1 is 1.07 bits per heavy atom. The Morgan fingerprint density at radius 2 is 1.79 bits per heavy atom. The number of rotatable bonds is 7. The van der Waals surface area contributed by atoms with Crippen LogP contribution in [0.4, 0.5) is 0 Å². The average molecular weight is 411 g/mol. The molecule has 3 aromatic rings. The summed E-state index contributed by atoms with van der Waals surface area (Å²) in [5.41, 5.74) is 6.64. The van der Waals surface area contributed by atoms with Gasteiger partial charge in [0.25, 0.3) is 0 Å². The topological polar surface area (TPSA) is 122 Å². The van der Waals surface area contributed by atoms with E-state index in [9.17, 15) is 13.2 Å². The zero-order valence-corrected chi connectivity index (χ0v) is 16.6.